The van der Waals surface area contributed by atoms with Crippen LogP contribution in [0, 0.1) is 0 Å². The van der Waals surface area contributed by atoms with Gasteiger partial charge in [-0.25, -0.2) is 0 Å². The highest BCUT2D eigenvalue weighted by molar-refractivity contribution is 6.30. The van der Waals surface area contributed by atoms with Crippen molar-refractivity contribution in [3.63, 3.8) is 0 Å². The molecule has 74 heavy (non-hydrogen) atoms. The smallest absolute Gasteiger partial charge is 0.137 e. The molecule has 11 aromatic carbocycles. The molecule has 16 aromatic rings. The van der Waals surface area contributed by atoms with Crippen LogP contribution in [0.1, 0.15) is 26.3 Å². The van der Waals surface area contributed by atoms with Crippen LogP contribution < -0.4 is 9.80 Å². The molecule has 0 atom stereocenters. The van der Waals surface area contributed by atoms with Crippen molar-refractivity contribution < 1.29 is 13.3 Å². The van der Waals surface area contributed by atoms with Crippen LogP contribution in [0.2, 0.25) is 0 Å². The van der Waals surface area contributed by atoms with Crippen LogP contribution in [0.25, 0.3) is 115 Å². The van der Waals surface area contributed by atoms with Gasteiger partial charge in [-0.1, -0.05) is 106 Å². The predicted octanol–water partition coefficient (Wildman–Crippen LogP) is 19.9. The fourth-order valence-corrected chi connectivity index (χ4v) is 12.1. The highest BCUT2D eigenvalue weighted by atomic mass is 16.3. The minimum absolute atomic E-state index is 0.0804. The summed E-state index contributed by atoms with van der Waals surface area (Å²) in [5.41, 5.74) is 16.2. The summed E-state index contributed by atoms with van der Waals surface area (Å²) in [4.78, 5) is 4.62. The van der Waals surface area contributed by atoms with E-state index in [0.29, 0.717) is 0 Å². The predicted molar refractivity (Wildman–Crippen MR) is 309 cm³/mol. The molecule has 5 heterocycles. The van der Waals surface area contributed by atoms with Gasteiger partial charge in [-0.3, -0.25) is 0 Å². The Bertz CT molecular complexity index is 4950. The zero-order valence-corrected chi connectivity index (χ0v) is 40.9. The van der Waals surface area contributed by atoms with E-state index >= 15 is 0 Å². The summed E-state index contributed by atoms with van der Waals surface area (Å²) < 4.78 is 22.2. The van der Waals surface area contributed by atoms with E-state index in [9.17, 15) is 0 Å². The molecule has 6 heteroatoms. The summed E-state index contributed by atoms with van der Waals surface area (Å²) in [5.74, 6) is 0. The van der Waals surface area contributed by atoms with E-state index in [-0.39, 0.29) is 5.41 Å². The van der Waals surface area contributed by atoms with Gasteiger partial charge in [-0.05, 0) is 137 Å². The van der Waals surface area contributed by atoms with Crippen LogP contribution in [0.4, 0.5) is 34.1 Å². The normalized spacial score (nSPS) is 12.5. The number of fused-ring (bicyclic) bond motifs is 17. The summed E-state index contributed by atoms with van der Waals surface area (Å²) in [7, 11) is 0. The monoisotopic (exact) mass is 951 g/mol. The zero-order chi connectivity index (χ0) is 49.0. The second-order valence-electron chi connectivity index (χ2n) is 20.9. The number of furan rings is 3. The van der Waals surface area contributed by atoms with Gasteiger partial charge in [0.25, 0.3) is 0 Å². The Morgan fingerprint density at radius 3 is 1.34 bits per heavy atom. The van der Waals surface area contributed by atoms with Gasteiger partial charge in [0.05, 0.1) is 16.6 Å². The lowest BCUT2D eigenvalue weighted by atomic mass is 9.85. The third-order valence-electron chi connectivity index (χ3n) is 15.6. The molecular weight excluding hydrogens is 907 g/mol. The number of hydrogen-bond donors (Lipinski definition) is 0. The maximum Gasteiger partial charge on any atom is 0.137 e. The molecule has 0 fully saturated rings. The van der Waals surface area contributed by atoms with E-state index in [1.54, 1.807) is 0 Å². The molecule has 0 saturated heterocycles. The molecule has 6 nitrogen and oxygen atoms in total. The summed E-state index contributed by atoms with van der Waals surface area (Å²) >= 11 is 0. The van der Waals surface area contributed by atoms with Gasteiger partial charge in [-0.15, -0.1) is 0 Å². The first-order valence-corrected chi connectivity index (χ1v) is 25.4. The summed E-state index contributed by atoms with van der Waals surface area (Å²) in [6.45, 7) is 6.96. The van der Waals surface area contributed by atoms with Gasteiger partial charge >= 0.3 is 0 Å². The van der Waals surface area contributed by atoms with Gasteiger partial charge in [0.1, 0.15) is 33.5 Å². The first-order valence-electron chi connectivity index (χ1n) is 25.4. The van der Waals surface area contributed by atoms with Gasteiger partial charge < -0.3 is 27.5 Å². The number of rotatable bonds is 6. The second-order valence-corrected chi connectivity index (χ2v) is 20.9. The van der Waals surface area contributed by atoms with Crippen LogP contribution in [0.3, 0.4) is 0 Å². The third kappa shape index (κ3) is 5.93. The van der Waals surface area contributed by atoms with Crippen molar-refractivity contribution in [2.75, 3.05) is 9.80 Å². The number of hydrogen-bond acceptors (Lipinski definition) is 5. The van der Waals surface area contributed by atoms with Crippen LogP contribution >= 0.6 is 0 Å². The largest absolute Gasteiger partial charge is 0.456 e. The van der Waals surface area contributed by atoms with E-state index in [0.717, 1.165) is 105 Å². The van der Waals surface area contributed by atoms with E-state index in [1.165, 1.54) is 49.0 Å². The van der Waals surface area contributed by atoms with Crippen molar-refractivity contribution in [3.05, 3.63) is 224 Å². The first-order chi connectivity index (χ1) is 36.3. The molecule has 5 aromatic heterocycles. The van der Waals surface area contributed by atoms with Crippen LogP contribution in [-0.2, 0) is 5.41 Å². The molecule has 350 valence electrons. The molecule has 0 bridgehead atoms. The lowest BCUT2D eigenvalue weighted by Crippen LogP contribution is -2.10. The number of para-hydroxylation sites is 4. The van der Waals surface area contributed by atoms with Gasteiger partial charge in [0.15, 0.2) is 0 Å². The van der Waals surface area contributed by atoms with E-state index in [4.69, 9.17) is 13.3 Å². The molecule has 0 unspecified atom stereocenters. The molecular formula is C68H45N3O3. The van der Waals surface area contributed by atoms with Gasteiger partial charge in [0.2, 0.25) is 0 Å². The molecule has 0 saturated carbocycles. The number of aromatic nitrogens is 1. The Balaban J connectivity index is 0.889. The molecule has 16 rings (SSSR count). The molecule has 0 spiro atoms. The topological polar surface area (TPSA) is 50.3 Å². The zero-order valence-electron chi connectivity index (χ0n) is 40.9. The van der Waals surface area contributed by atoms with Crippen molar-refractivity contribution in [2.45, 2.75) is 26.2 Å². The number of nitrogens with zero attached hydrogens (tertiary/aromatic N) is 3. The SMILES string of the molecule is CC(C)(C)c1cc2c3ccc(N(c4ccccc4)c4ccc5c(c4)oc4ccccc45)cc3n3c4ccc5cc6oc7cc(N(c8ccccc8)c8ccc9c(c8)oc8ccccc89)ccc7c6cc5c4c(c1)c23. The fourth-order valence-electron chi connectivity index (χ4n) is 12.1. The van der Waals surface area contributed by atoms with E-state index in [2.05, 4.69) is 229 Å². The first kappa shape index (κ1) is 41.1. The Hall–Kier alpha value is -9.52. The Labute approximate surface area is 424 Å². The average molecular weight is 952 g/mol. The van der Waals surface area contributed by atoms with Crippen molar-refractivity contribution in [1.29, 1.82) is 0 Å². The van der Waals surface area contributed by atoms with Crippen molar-refractivity contribution in [3.8, 4) is 0 Å². The molecule has 0 aliphatic heterocycles. The molecule has 0 N–H and O–H groups in total. The molecule has 0 amide bonds. The Morgan fingerprint density at radius 2 is 0.770 bits per heavy atom. The number of benzene rings is 11. The summed E-state index contributed by atoms with van der Waals surface area (Å²) in [5, 5.41) is 14.0. The highest BCUT2D eigenvalue weighted by Crippen LogP contribution is 2.48. The third-order valence-corrected chi connectivity index (χ3v) is 15.6. The fraction of sp³-hybridized carbons (Fsp3) is 0.0588. The van der Waals surface area contributed by atoms with Crippen molar-refractivity contribution in [1.82, 2.24) is 4.40 Å². The maximum absolute atomic E-state index is 6.87. The molecule has 0 radical (unpaired) electrons. The number of anilines is 6. The molecule has 0 aliphatic rings. The summed E-state index contributed by atoms with van der Waals surface area (Å²) in [6.07, 6.45) is 0. The Morgan fingerprint density at radius 1 is 0.311 bits per heavy atom. The van der Waals surface area contributed by atoms with E-state index < -0.39 is 0 Å². The van der Waals surface area contributed by atoms with Crippen LogP contribution in [0.15, 0.2) is 232 Å². The minimum Gasteiger partial charge on any atom is -0.456 e. The molecule has 0 aliphatic carbocycles. The van der Waals surface area contributed by atoms with Crippen molar-refractivity contribution in [2.24, 2.45) is 0 Å². The lowest BCUT2D eigenvalue weighted by molar-refractivity contribution is 0.592. The standard InChI is InChI=1S/C68H45N3O3/c1-68(2,3)41-33-56-48-27-23-44(69(42-14-6-4-7-15-42)45-24-28-51-49-18-10-12-20-60(49)72-63(51)36-45)35-59(48)71-58-31-22-40-32-62-55(39-54(40)66(58)57(34-41)67(56)71)53-30-26-47(38-65(53)74-62)70(43-16-8-5-9-17-43)46-25-29-52-50-19-11-13-21-61(50)73-64(52)37-46/h4-39H,1-3H3. The second kappa shape index (κ2) is 15.0. The quantitative estimate of drug-likeness (QED) is 0.166. The lowest BCUT2D eigenvalue weighted by Gasteiger charge is -2.25. The maximum atomic E-state index is 6.87. The van der Waals surface area contributed by atoms with E-state index in [1.807, 2.05) is 24.3 Å². The average Bonchev–Trinajstić information content (AvgIpc) is 4.25. The van der Waals surface area contributed by atoms with Gasteiger partial charge in [-0.2, -0.15) is 0 Å². The highest BCUT2D eigenvalue weighted by Gasteiger charge is 2.26. The summed E-state index contributed by atoms with van der Waals surface area (Å²) in [6, 6.07) is 78.4. The minimum atomic E-state index is -0.0804. The van der Waals surface area contributed by atoms with Crippen molar-refractivity contribution >= 4 is 149 Å². The van der Waals surface area contributed by atoms with Gasteiger partial charge in [0, 0.05) is 106 Å². The Kier molecular flexibility index (Phi) is 8.34. The van der Waals surface area contributed by atoms with Crippen LogP contribution in [0.5, 0.6) is 0 Å². The van der Waals surface area contributed by atoms with Crippen LogP contribution in [-0.4, -0.2) is 4.40 Å².